The van der Waals surface area contributed by atoms with Crippen LogP contribution < -0.4 is 10.5 Å². The number of hydrogen-bond donors (Lipinski definition) is 1. The first-order valence-corrected chi connectivity index (χ1v) is 7.69. The quantitative estimate of drug-likeness (QED) is 0.826. The van der Waals surface area contributed by atoms with Crippen molar-refractivity contribution in [3.63, 3.8) is 0 Å². The normalized spacial score (nSPS) is 12.4. The van der Waals surface area contributed by atoms with Gasteiger partial charge in [0, 0.05) is 13.0 Å². The van der Waals surface area contributed by atoms with Gasteiger partial charge in [0.2, 0.25) is 5.89 Å². The van der Waals surface area contributed by atoms with Crippen LogP contribution in [-0.4, -0.2) is 16.2 Å². The lowest BCUT2D eigenvalue weighted by atomic mass is 10.1. The Morgan fingerprint density at radius 3 is 2.45 bits per heavy atom. The maximum absolute atomic E-state index is 5.81. The van der Waals surface area contributed by atoms with Crippen LogP contribution in [-0.2, 0) is 13.0 Å². The Kier molecular flexibility index (Phi) is 5.17. The molecule has 0 spiro atoms. The summed E-state index contributed by atoms with van der Waals surface area (Å²) >= 11 is 7.01. The second-order valence-corrected chi connectivity index (χ2v) is 6.28. The lowest BCUT2D eigenvalue weighted by Gasteiger charge is -2.12. The number of benzene rings is 1. The van der Waals surface area contributed by atoms with Gasteiger partial charge in [-0.3, -0.25) is 0 Å². The summed E-state index contributed by atoms with van der Waals surface area (Å²) in [6, 6.07) is 4.12. The Hall–Kier alpha value is -0.920. The van der Waals surface area contributed by atoms with Crippen molar-refractivity contribution in [3.05, 3.63) is 38.4 Å². The topological polar surface area (TPSA) is 74.2 Å². The summed E-state index contributed by atoms with van der Waals surface area (Å²) in [6.07, 6.45) is 0.806. The number of aryl methyl sites for hydroxylation is 1. The van der Waals surface area contributed by atoms with Crippen molar-refractivity contribution >= 4 is 31.9 Å². The summed E-state index contributed by atoms with van der Waals surface area (Å²) < 4.78 is 12.7. The highest BCUT2D eigenvalue weighted by Gasteiger charge is 2.12. The zero-order valence-electron chi connectivity index (χ0n) is 11.2. The van der Waals surface area contributed by atoms with Gasteiger partial charge in [-0.05, 0) is 62.9 Å². The molecule has 0 aliphatic rings. The minimum absolute atomic E-state index is 0.113. The van der Waals surface area contributed by atoms with E-state index in [0.717, 1.165) is 20.9 Å². The standard InChI is InChI=1S/C13H15Br2N3O2/c1-7(16)3-9-4-10(14)13(11(15)5-9)19-6-12-18-17-8(2)20-12/h4-5,7H,3,6,16H2,1-2H3. The van der Waals surface area contributed by atoms with Crippen molar-refractivity contribution in [2.24, 2.45) is 5.73 Å². The van der Waals surface area contributed by atoms with Crippen molar-refractivity contribution in [2.45, 2.75) is 32.9 Å². The van der Waals surface area contributed by atoms with Crippen LogP contribution in [0.5, 0.6) is 5.75 Å². The average Bonchev–Trinajstić information content (AvgIpc) is 2.73. The summed E-state index contributed by atoms with van der Waals surface area (Å²) in [5.74, 6) is 1.67. The van der Waals surface area contributed by atoms with Crippen molar-refractivity contribution in [2.75, 3.05) is 0 Å². The van der Waals surface area contributed by atoms with Crippen LogP contribution in [0.4, 0.5) is 0 Å². The first-order chi connectivity index (χ1) is 9.45. The van der Waals surface area contributed by atoms with Crippen molar-refractivity contribution < 1.29 is 9.15 Å². The van der Waals surface area contributed by atoms with Gasteiger partial charge in [0.1, 0.15) is 5.75 Å². The second kappa shape index (κ2) is 6.69. The Labute approximate surface area is 134 Å². The molecule has 2 rings (SSSR count). The predicted octanol–water partition coefficient (Wildman–Crippen LogP) is 3.37. The molecule has 0 aliphatic carbocycles. The summed E-state index contributed by atoms with van der Waals surface area (Å²) in [5, 5.41) is 7.64. The number of nitrogens with zero attached hydrogens (tertiary/aromatic N) is 2. The van der Waals surface area contributed by atoms with Gasteiger partial charge in [-0.25, -0.2) is 0 Å². The third-order valence-electron chi connectivity index (χ3n) is 2.52. The molecule has 0 saturated carbocycles. The van der Waals surface area contributed by atoms with Gasteiger partial charge in [0.15, 0.2) is 6.61 Å². The Morgan fingerprint density at radius 1 is 1.30 bits per heavy atom. The van der Waals surface area contributed by atoms with Crippen molar-refractivity contribution in [3.8, 4) is 5.75 Å². The van der Waals surface area contributed by atoms with Crippen LogP contribution >= 0.6 is 31.9 Å². The molecule has 0 radical (unpaired) electrons. The van der Waals surface area contributed by atoms with E-state index in [-0.39, 0.29) is 12.6 Å². The highest BCUT2D eigenvalue weighted by atomic mass is 79.9. The first kappa shape index (κ1) is 15.5. The molecule has 0 saturated heterocycles. The van der Waals surface area contributed by atoms with E-state index >= 15 is 0 Å². The van der Waals surface area contributed by atoms with E-state index in [1.807, 2.05) is 19.1 Å². The summed E-state index contributed by atoms with van der Waals surface area (Å²) in [7, 11) is 0. The van der Waals surface area contributed by atoms with Crippen LogP contribution in [0, 0.1) is 6.92 Å². The van der Waals surface area contributed by atoms with Crippen LogP contribution in [0.15, 0.2) is 25.5 Å². The second-order valence-electron chi connectivity index (χ2n) is 4.57. The van der Waals surface area contributed by atoms with E-state index in [4.69, 9.17) is 14.9 Å². The zero-order chi connectivity index (χ0) is 14.7. The largest absolute Gasteiger partial charge is 0.481 e. The van der Waals surface area contributed by atoms with E-state index in [0.29, 0.717) is 17.5 Å². The number of ether oxygens (including phenoxy) is 1. The van der Waals surface area contributed by atoms with E-state index in [1.165, 1.54) is 0 Å². The number of hydrogen-bond acceptors (Lipinski definition) is 5. The summed E-state index contributed by atoms with van der Waals surface area (Å²) in [4.78, 5) is 0. The van der Waals surface area contributed by atoms with Gasteiger partial charge in [0.25, 0.3) is 5.89 Å². The maximum atomic E-state index is 5.81. The molecular formula is C13H15Br2N3O2. The zero-order valence-corrected chi connectivity index (χ0v) is 14.4. The third kappa shape index (κ3) is 4.04. The number of nitrogens with two attached hydrogens (primary N) is 1. The fourth-order valence-corrected chi connectivity index (χ4v) is 3.28. The number of rotatable bonds is 5. The Balaban J connectivity index is 2.11. The molecule has 0 aliphatic heterocycles. The van der Waals surface area contributed by atoms with Gasteiger partial charge in [-0.1, -0.05) is 0 Å². The minimum Gasteiger partial charge on any atom is -0.481 e. The molecule has 108 valence electrons. The van der Waals surface area contributed by atoms with Gasteiger partial charge in [-0.2, -0.15) is 0 Å². The molecular weight excluding hydrogens is 390 g/mol. The van der Waals surface area contributed by atoms with Crippen LogP contribution in [0.25, 0.3) is 0 Å². The summed E-state index contributed by atoms with van der Waals surface area (Å²) in [6.45, 7) is 3.94. The number of aromatic nitrogens is 2. The first-order valence-electron chi connectivity index (χ1n) is 6.11. The predicted molar refractivity (Wildman–Crippen MR) is 82.6 cm³/mol. The average molecular weight is 405 g/mol. The van der Waals surface area contributed by atoms with Gasteiger partial charge in [0.05, 0.1) is 8.95 Å². The molecule has 5 nitrogen and oxygen atoms in total. The third-order valence-corrected chi connectivity index (χ3v) is 3.70. The maximum Gasteiger partial charge on any atom is 0.253 e. The molecule has 1 heterocycles. The van der Waals surface area contributed by atoms with Gasteiger partial charge >= 0.3 is 0 Å². The van der Waals surface area contributed by atoms with E-state index in [2.05, 4.69) is 42.1 Å². The molecule has 1 unspecified atom stereocenters. The lowest BCUT2D eigenvalue weighted by molar-refractivity contribution is 0.257. The smallest absolute Gasteiger partial charge is 0.253 e. The molecule has 1 aromatic heterocycles. The SMILES string of the molecule is Cc1nnc(COc2c(Br)cc(CC(C)N)cc2Br)o1. The Morgan fingerprint density at radius 2 is 1.95 bits per heavy atom. The fourth-order valence-electron chi connectivity index (χ4n) is 1.77. The van der Waals surface area contributed by atoms with E-state index in [1.54, 1.807) is 6.92 Å². The monoisotopic (exact) mass is 403 g/mol. The van der Waals surface area contributed by atoms with Gasteiger partial charge in [-0.15, -0.1) is 10.2 Å². The van der Waals surface area contributed by atoms with Gasteiger partial charge < -0.3 is 14.9 Å². The molecule has 2 aromatic rings. The summed E-state index contributed by atoms with van der Waals surface area (Å²) in [5.41, 5.74) is 6.95. The molecule has 0 amide bonds. The fraction of sp³-hybridized carbons (Fsp3) is 0.385. The molecule has 2 N–H and O–H groups in total. The molecule has 1 atom stereocenters. The molecule has 1 aromatic carbocycles. The Bertz CT molecular complexity index is 576. The van der Waals surface area contributed by atoms with E-state index in [9.17, 15) is 0 Å². The molecule has 0 bridgehead atoms. The molecule has 7 heteroatoms. The van der Waals surface area contributed by atoms with Crippen molar-refractivity contribution in [1.82, 2.24) is 10.2 Å². The highest BCUT2D eigenvalue weighted by Crippen LogP contribution is 2.35. The van der Waals surface area contributed by atoms with Crippen LogP contribution in [0.3, 0.4) is 0 Å². The molecule has 0 fully saturated rings. The van der Waals surface area contributed by atoms with Crippen LogP contribution in [0.1, 0.15) is 24.3 Å². The number of halogens is 2. The highest BCUT2D eigenvalue weighted by molar-refractivity contribution is 9.11. The van der Waals surface area contributed by atoms with Crippen LogP contribution in [0.2, 0.25) is 0 Å². The van der Waals surface area contributed by atoms with Crippen molar-refractivity contribution in [1.29, 1.82) is 0 Å². The molecule has 20 heavy (non-hydrogen) atoms. The lowest BCUT2D eigenvalue weighted by Crippen LogP contribution is -2.17. The minimum atomic E-state index is 0.113. The van der Waals surface area contributed by atoms with E-state index < -0.39 is 0 Å².